The maximum absolute atomic E-state index is 14.0. The van der Waals surface area contributed by atoms with Gasteiger partial charge in [0.1, 0.15) is 5.75 Å². The van der Waals surface area contributed by atoms with E-state index in [-0.39, 0.29) is 30.2 Å². The highest BCUT2D eigenvalue weighted by Gasteiger charge is 2.69. The number of amides is 1. The Kier molecular flexibility index (Phi) is 7.72. The van der Waals surface area contributed by atoms with Crippen LogP contribution in [0.5, 0.6) is 5.75 Å². The van der Waals surface area contributed by atoms with Crippen LogP contribution in [0.15, 0.2) is 6.07 Å². The molecule has 2 unspecified atom stereocenters. The molecule has 6 atom stereocenters. The number of carbonyl (C=O) groups is 5. The second-order valence-corrected chi connectivity index (χ2v) is 12.1. The van der Waals surface area contributed by atoms with Gasteiger partial charge in [-0.15, -0.1) is 0 Å². The molecule has 218 valence electrons. The van der Waals surface area contributed by atoms with Gasteiger partial charge in [0.25, 0.3) is 0 Å². The van der Waals surface area contributed by atoms with Crippen LogP contribution in [0.4, 0.5) is 5.69 Å². The predicted molar refractivity (Wildman–Crippen MR) is 147 cm³/mol. The summed E-state index contributed by atoms with van der Waals surface area (Å²) in [6.07, 6.45) is 0.253. The van der Waals surface area contributed by atoms with E-state index in [9.17, 15) is 34.2 Å². The Labute approximate surface area is 234 Å². The van der Waals surface area contributed by atoms with E-state index in [1.807, 2.05) is 25.9 Å². The van der Waals surface area contributed by atoms with Crippen molar-refractivity contribution >= 4 is 34.7 Å². The Balaban J connectivity index is 1.87. The van der Waals surface area contributed by atoms with Crippen LogP contribution < -0.4 is 10.6 Å². The molecule has 3 aliphatic carbocycles. The van der Waals surface area contributed by atoms with Gasteiger partial charge in [0.2, 0.25) is 5.91 Å². The largest absolute Gasteiger partial charge is 0.507 e. The minimum atomic E-state index is -2.73. The predicted octanol–water partition coefficient (Wildman–Crippen LogP) is 0.163. The number of carbonyl (C=O) groups excluding carboxylic acids is 5. The number of likely N-dealkylation sites (N-methyl/N-ethyl adjacent to an activating group) is 1. The zero-order valence-electron chi connectivity index (χ0n) is 24.2. The van der Waals surface area contributed by atoms with Gasteiger partial charge in [0, 0.05) is 38.3 Å². The monoisotopic (exact) mass is 556 g/mol. The molecule has 0 radical (unpaired) electrons. The number of nitrogens with zero attached hydrogens (tertiary/aromatic N) is 3. The van der Waals surface area contributed by atoms with Crippen LogP contribution in [0, 0.1) is 23.7 Å². The summed E-state index contributed by atoms with van der Waals surface area (Å²) in [4.78, 5) is 72.3. The number of phenolic OH excluding ortho intramolecular Hbond substituents is 1. The quantitative estimate of drug-likeness (QED) is 0.395. The van der Waals surface area contributed by atoms with Crippen molar-refractivity contribution in [2.75, 3.05) is 39.6 Å². The molecule has 4 N–H and O–H groups in total. The zero-order chi connectivity index (χ0) is 30.0. The SMILES string of the molecule is CCN(Cc1cc(O)c2c(c1N(C)C)C[C@H]1C[C@H]3[C@H](N(C)C)C(=O)C(C(N)=O)C(=O)[C@@]3(O)C(=O)C1C2=O)C(C)C. The Bertz CT molecular complexity index is 1290. The van der Waals surface area contributed by atoms with E-state index in [2.05, 4.69) is 18.7 Å². The first-order chi connectivity index (χ1) is 18.6. The fourth-order valence-electron chi connectivity index (χ4n) is 7.28. The Morgan fingerprint density at radius 1 is 1.12 bits per heavy atom. The topological polar surface area (TPSA) is 162 Å². The molecular formula is C29H40N4O7. The molecule has 0 aromatic heterocycles. The van der Waals surface area contributed by atoms with Gasteiger partial charge in [-0.3, -0.25) is 33.8 Å². The molecule has 0 saturated heterocycles. The Morgan fingerprint density at radius 3 is 2.25 bits per heavy atom. The summed E-state index contributed by atoms with van der Waals surface area (Å²) in [6, 6.07) is 0.669. The minimum Gasteiger partial charge on any atom is -0.507 e. The number of aliphatic hydroxyl groups is 1. The standard InChI is InChI=1S/C29H40N4O7/c1-8-33(13(2)3)12-15-11-18(34)20-16(22(15)31(4)5)9-14-10-17-23(32(6)7)25(36)21(28(30)39)27(38)29(17,40)26(37)19(14)24(20)35/h11,13-14,17,19,21,23,34,40H,8-10,12H2,1-7H3,(H2,30,39)/t14-,17-,19?,21?,23-,29-/m0/s1. The molecule has 11 nitrogen and oxygen atoms in total. The molecule has 11 heteroatoms. The zero-order valence-corrected chi connectivity index (χ0v) is 24.2. The van der Waals surface area contributed by atoms with Crippen LogP contribution >= 0.6 is 0 Å². The molecule has 1 amide bonds. The summed E-state index contributed by atoms with van der Waals surface area (Å²) >= 11 is 0. The number of hydrogen-bond acceptors (Lipinski definition) is 10. The van der Waals surface area contributed by atoms with Crippen molar-refractivity contribution in [2.45, 2.75) is 57.8 Å². The fourth-order valence-corrected chi connectivity index (χ4v) is 7.28. The number of phenols is 1. The lowest BCUT2D eigenvalue weighted by molar-refractivity contribution is -0.181. The number of primary amides is 1. The minimum absolute atomic E-state index is 0.00615. The van der Waals surface area contributed by atoms with E-state index < -0.39 is 64.4 Å². The lowest BCUT2D eigenvalue weighted by Crippen LogP contribution is -2.74. The number of Topliss-reactive ketones (excluding diaryl/α,β-unsaturated/α-hetero) is 4. The Morgan fingerprint density at radius 2 is 1.75 bits per heavy atom. The third kappa shape index (κ3) is 4.26. The lowest BCUT2D eigenvalue weighted by Gasteiger charge is -2.52. The number of aromatic hydroxyl groups is 1. The summed E-state index contributed by atoms with van der Waals surface area (Å²) in [5.41, 5.74) is 4.87. The van der Waals surface area contributed by atoms with Gasteiger partial charge in [-0.1, -0.05) is 6.92 Å². The highest BCUT2D eigenvalue weighted by molar-refractivity contribution is 6.32. The molecule has 1 aromatic carbocycles. The van der Waals surface area contributed by atoms with Crippen LogP contribution in [0.2, 0.25) is 0 Å². The van der Waals surface area contributed by atoms with Gasteiger partial charge in [0.15, 0.2) is 34.7 Å². The van der Waals surface area contributed by atoms with Gasteiger partial charge < -0.3 is 20.8 Å². The summed E-state index contributed by atoms with van der Waals surface area (Å²) < 4.78 is 0. The van der Waals surface area contributed by atoms with Crippen LogP contribution in [-0.4, -0.2) is 101 Å². The summed E-state index contributed by atoms with van der Waals surface area (Å²) in [5, 5.41) is 22.8. The molecule has 0 spiro atoms. The third-order valence-corrected chi connectivity index (χ3v) is 9.07. The molecule has 40 heavy (non-hydrogen) atoms. The van der Waals surface area contributed by atoms with E-state index in [1.165, 1.54) is 4.90 Å². The second kappa shape index (κ2) is 10.4. The molecule has 0 aliphatic heterocycles. The van der Waals surface area contributed by atoms with Gasteiger partial charge >= 0.3 is 0 Å². The highest BCUT2D eigenvalue weighted by Crippen LogP contribution is 2.52. The molecule has 2 fully saturated rings. The van der Waals surface area contributed by atoms with Gasteiger partial charge in [-0.05, 0) is 70.4 Å². The van der Waals surface area contributed by atoms with Crippen molar-refractivity contribution in [3.8, 4) is 5.75 Å². The van der Waals surface area contributed by atoms with E-state index in [1.54, 1.807) is 20.2 Å². The van der Waals surface area contributed by atoms with Crippen molar-refractivity contribution in [2.24, 2.45) is 29.4 Å². The van der Waals surface area contributed by atoms with Crippen LogP contribution in [0.1, 0.15) is 48.7 Å². The highest BCUT2D eigenvalue weighted by atomic mass is 16.3. The van der Waals surface area contributed by atoms with Crippen molar-refractivity contribution in [3.05, 3.63) is 22.8 Å². The van der Waals surface area contributed by atoms with E-state index in [4.69, 9.17) is 5.73 Å². The van der Waals surface area contributed by atoms with E-state index in [0.29, 0.717) is 12.1 Å². The number of rotatable bonds is 7. The molecule has 3 aliphatic rings. The van der Waals surface area contributed by atoms with Crippen molar-refractivity contribution < 1.29 is 34.2 Å². The average Bonchev–Trinajstić information content (AvgIpc) is 2.83. The molecule has 4 rings (SSSR count). The van der Waals surface area contributed by atoms with Crippen LogP contribution in [0.3, 0.4) is 0 Å². The van der Waals surface area contributed by atoms with Crippen LogP contribution in [0.25, 0.3) is 0 Å². The van der Waals surface area contributed by atoms with Crippen LogP contribution in [-0.2, 0) is 32.1 Å². The normalized spacial score (nSPS) is 30.0. The summed E-state index contributed by atoms with van der Waals surface area (Å²) in [6.45, 7) is 7.52. The number of anilines is 1. The molecular weight excluding hydrogens is 516 g/mol. The average molecular weight is 557 g/mol. The van der Waals surface area contributed by atoms with Gasteiger partial charge in [0.05, 0.1) is 17.5 Å². The van der Waals surface area contributed by atoms with Crippen molar-refractivity contribution in [1.29, 1.82) is 0 Å². The summed E-state index contributed by atoms with van der Waals surface area (Å²) in [7, 11) is 6.84. The first-order valence-corrected chi connectivity index (χ1v) is 13.7. The fraction of sp³-hybridized carbons (Fsp3) is 0.621. The Hall–Kier alpha value is -3.15. The smallest absolute Gasteiger partial charge is 0.235 e. The van der Waals surface area contributed by atoms with Gasteiger partial charge in [-0.25, -0.2) is 0 Å². The molecule has 2 saturated carbocycles. The van der Waals surface area contributed by atoms with Gasteiger partial charge in [-0.2, -0.15) is 0 Å². The second-order valence-electron chi connectivity index (χ2n) is 12.1. The maximum Gasteiger partial charge on any atom is 0.235 e. The first-order valence-electron chi connectivity index (χ1n) is 13.7. The molecule has 0 bridgehead atoms. The van der Waals surface area contributed by atoms with Crippen molar-refractivity contribution in [1.82, 2.24) is 9.80 Å². The number of nitrogens with two attached hydrogens (primary N) is 1. The molecule has 0 heterocycles. The third-order valence-electron chi connectivity index (χ3n) is 9.07. The number of ketones is 4. The number of benzene rings is 1. The van der Waals surface area contributed by atoms with E-state index >= 15 is 0 Å². The maximum atomic E-state index is 14.0. The van der Waals surface area contributed by atoms with Crippen molar-refractivity contribution in [3.63, 3.8) is 0 Å². The number of hydrogen-bond donors (Lipinski definition) is 3. The molecule has 1 aromatic rings. The number of fused-ring (bicyclic) bond motifs is 3. The lowest BCUT2D eigenvalue weighted by atomic mass is 9.52. The summed E-state index contributed by atoms with van der Waals surface area (Å²) in [5.74, 6) is -10.4. The first kappa shape index (κ1) is 29.8. The van der Waals surface area contributed by atoms with E-state index in [0.717, 1.165) is 17.8 Å².